The quantitative estimate of drug-likeness (QED) is 0.845. The van der Waals surface area contributed by atoms with E-state index in [1.54, 1.807) is 52.1 Å². The smallest absolute Gasteiger partial charge is 0.360 e. The molecule has 2 N–H and O–H groups in total. The Hall–Kier alpha value is -3.03. The van der Waals surface area contributed by atoms with Crippen LogP contribution in [0.25, 0.3) is 5.69 Å². The van der Waals surface area contributed by atoms with Crippen molar-refractivity contribution in [3.8, 4) is 11.4 Å². The number of carbonyl (C=O) groups is 2. The average Bonchev–Trinajstić information content (AvgIpc) is 2.90. The molecule has 0 aliphatic rings. The fourth-order valence-corrected chi connectivity index (χ4v) is 2.11. The Kier molecular flexibility index (Phi) is 5.01. The third-order valence-electron chi connectivity index (χ3n) is 3.21. The number of nitrogen functional groups attached to an aromatic ring is 1. The number of methoxy groups -OCH3 is 2. The van der Waals surface area contributed by atoms with E-state index in [0.29, 0.717) is 11.4 Å². The van der Waals surface area contributed by atoms with Gasteiger partial charge in [-0.05, 0) is 45.0 Å². The minimum absolute atomic E-state index is 0.0412. The molecule has 134 valence electrons. The van der Waals surface area contributed by atoms with Gasteiger partial charge in [0, 0.05) is 0 Å². The largest absolute Gasteiger partial charge is 0.497 e. The molecule has 0 unspecified atom stereocenters. The number of ether oxygens (including phenoxy) is 3. The van der Waals surface area contributed by atoms with Crippen LogP contribution in [0.3, 0.4) is 0 Å². The molecule has 0 aliphatic carbocycles. The van der Waals surface area contributed by atoms with Crippen molar-refractivity contribution in [2.75, 3.05) is 20.0 Å². The highest BCUT2D eigenvalue weighted by atomic mass is 16.6. The first-order valence-corrected chi connectivity index (χ1v) is 7.52. The maximum atomic E-state index is 12.6. The summed E-state index contributed by atoms with van der Waals surface area (Å²) < 4.78 is 16.4. The van der Waals surface area contributed by atoms with Crippen molar-refractivity contribution in [3.05, 3.63) is 35.7 Å². The summed E-state index contributed by atoms with van der Waals surface area (Å²) in [6, 6.07) is 6.76. The number of aromatic nitrogens is 2. The number of hydrogen-bond donors (Lipinski definition) is 1. The van der Waals surface area contributed by atoms with E-state index in [4.69, 9.17) is 15.2 Å². The second-order valence-electron chi connectivity index (χ2n) is 6.21. The van der Waals surface area contributed by atoms with Crippen LogP contribution in [0.5, 0.6) is 5.75 Å². The lowest BCUT2D eigenvalue weighted by Gasteiger charge is -2.20. The van der Waals surface area contributed by atoms with Crippen LogP contribution >= 0.6 is 0 Å². The summed E-state index contributed by atoms with van der Waals surface area (Å²) in [7, 11) is 2.75. The van der Waals surface area contributed by atoms with Gasteiger partial charge >= 0.3 is 11.9 Å². The molecule has 0 saturated carbocycles. The molecule has 0 spiro atoms. The third kappa shape index (κ3) is 3.90. The summed E-state index contributed by atoms with van der Waals surface area (Å²) in [5, 5.41) is 4.13. The van der Waals surface area contributed by atoms with E-state index in [1.807, 2.05) is 0 Å². The first kappa shape index (κ1) is 18.3. The van der Waals surface area contributed by atoms with Crippen molar-refractivity contribution in [2.24, 2.45) is 0 Å². The van der Waals surface area contributed by atoms with Gasteiger partial charge in [0.1, 0.15) is 17.0 Å². The van der Waals surface area contributed by atoms with Crippen LogP contribution in [0.4, 0.5) is 5.69 Å². The lowest BCUT2D eigenvalue weighted by atomic mass is 10.2. The SMILES string of the molecule is COC(=O)c1nn(-c2ccc(OC)cc2)c(C(=O)OC(C)(C)C)c1N. The molecule has 2 rings (SSSR count). The lowest BCUT2D eigenvalue weighted by Crippen LogP contribution is -2.26. The van der Waals surface area contributed by atoms with Crippen LogP contribution in [0.2, 0.25) is 0 Å². The third-order valence-corrected chi connectivity index (χ3v) is 3.21. The monoisotopic (exact) mass is 347 g/mol. The minimum atomic E-state index is -0.741. The van der Waals surface area contributed by atoms with Crippen LogP contribution in [-0.4, -0.2) is 41.5 Å². The fourth-order valence-electron chi connectivity index (χ4n) is 2.11. The van der Waals surface area contributed by atoms with E-state index >= 15 is 0 Å². The summed E-state index contributed by atoms with van der Waals surface area (Å²) in [6.07, 6.45) is 0. The molecule has 0 fully saturated rings. The topological polar surface area (TPSA) is 106 Å². The van der Waals surface area contributed by atoms with Crippen LogP contribution in [0.1, 0.15) is 41.7 Å². The molecule has 0 aliphatic heterocycles. The second kappa shape index (κ2) is 6.84. The number of nitrogens with zero attached hydrogens (tertiary/aromatic N) is 2. The number of hydrogen-bond acceptors (Lipinski definition) is 7. The predicted octanol–water partition coefficient (Wildman–Crippen LogP) is 2.21. The maximum absolute atomic E-state index is 12.6. The number of esters is 2. The van der Waals surface area contributed by atoms with E-state index < -0.39 is 17.5 Å². The van der Waals surface area contributed by atoms with Gasteiger partial charge in [0.05, 0.1) is 19.9 Å². The highest BCUT2D eigenvalue weighted by molar-refractivity contribution is 6.02. The van der Waals surface area contributed by atoms with Gasteiger partial charge in [-0.3, -0.25) is 0 Å². The van der Waals surface area contributed by atoms with Gasteiger partial charge in [-0.25, -0.2) is 14.3 Å². The highest BCUT2D eigenvalue weighted by Gasteiger charge is 2.30. The average molecular weight is 347 g/mol. The number of carbonyl (C=O) groups excluding carboxylic acids is 2. The molecule has 8 heteroatoms. The Morgan fingerprint density at radius 3 is 2.16 bits per heavy atom. The zero-order chi connectivity index (χ0) is 18.8. The molecule has 0 bridgehead atoms. The maximum Gasteiger partial charge on any atom is 0.360 e. The van der Waals surface area contributed by atoms with Gasteiger partial charge in [0.2, 0.25) is 0 Å². The predicted molar refractivity (Wildman–Crippen MR) is 91.0 cm³/mol. The van der Waals surface area contributed by atoms with Crippen molar-refractivity contribution in [1.82, 2.24) is 9.78 Å². The summed E-state index contributed by atoms with van der Waals surface area (Å²) in [6.45, 7) is 5.20. The van der Waals surface area contributed by atoms with Crippen molar-refractivity contribution < 1.29 is 23.8 Å². The molecule has 8 nitrogen and oxygen atoms in total. The molecule has 1 aromatic heterocycles. The first-order chi connectivity index (χ1) is 11.7. The number of rotatable bonds is 4. The fraction of sp³-hybridized carbons (Fsp3) is 0.353. The highest BCUT2D eigenvalue weighted by Crippen LogP contribution is 2.25. The van der Waals surface area contributed by atoms with E-state index in [0.717, 1.165) is 0 Å². The van der Waals surface area contributed by atoms with Gasteiger partial charge in [0.15, 0.2) is 11.4 Å². The van der Waals surface area contributed by atoms with Crippen molar-refractivity contribution in [2.45, 2.75) is 26.4 Å². The minimum Gasteiger partial charge on any atom is -0.497 e. The van der Waals surface area contributed by atoms with Gasteiger partial charge in [0.25, 0.3) is 0 Å². The number of nitrogens with two attached hydrogens (primary N) is 1. The Bertz CT molecular complexity index is 788. The van der Waals surface area contributed by atoms with Gasteiger partial charge in [-0.2, -0.15) is 5.10 Å². The molecule has 25 heavy (non-hydrogen) atoms. The van der Waals surface area contributed by atoms with Crippen molar-refractivity contribution in [3.63, 3.8) is 0 Å². The summed E-state index contributed by atoms with van der Waals surface area (Å²) in [5.41, 5.74) is 5.47. The lowest BCUT2D eigenvalue weighted by molar-refractivity contribution is 0.00605. The van der Waals surface area contributed by atoms with Crippen LogP contribution < -0.4 is 10.5 Å². The Morgan fingerprint density at radius 2 is 1.68 bits per heavy atom. The summed E-state index contributed by atoms with van der Waals surface area (Å²) in [4.78, 5) is 24.5. The number of benzene rings is 1. The van der Waals surface area contributed by atoms with Crippen molar-refractivity contribution >= 4 is 17.6 Å². The Morgan fingerprint density at radius 1 is 1.08 bits per heavy atom. The molecular weight excluding hydrogens is 326 g/mol. The molecule has 1 heterocycles. The molecule has 0 amide bonds. The molecule has 0 atom stereocenters. The van der Waals surface area contributed by atoms with E-state index in [2.05, 4.69) is 9.84 Å². The van der Waals surface area contributed by atoms with Crippen molar-refractivity contribution in [1.29, 1.82) is 0 Å². The van der Waals surface area contributed by atoms with Crippen LogP contribution in [0, 0.1) is 0 Å². The van der Waals surface area contributed by atoms with Gasteiger partial charge in [-0.1, -0.05) is 0 Å². The molecule has 0 saturated heterocycles. The van der Waals surface area contributed by atoms with Gasteiger partial charge < -0.3 is 19.9 Å². The standard InChI is InChI=1S/C17H21N3O5/c1-17(2,3)25-16(22)14-12(18)13(15(21)24-5)19-20(14)10-6-8-11(23-4)9-7-10/h6-9H,18H2,1-5H3. The zero-order valence-electron chi connectivity index (χ0n) is 14.8. The van der Waals surface area contributed by atoms with Crippen LogP contribution in [0.15, 0.2) is 24.3 Å². The summed E-state index contributed by atoms with van der Waals surface area (Å²) in [5.74, 6) is -0.797. The normalized spacial score (nSPS) is 11.1. The first-order valence-electron chi connectivity index (χ1n) is 7.52. The van der Waals surface area contributed by atoms with E-state index in [1.165, 1.54) is 11.8 Å². The van der Waals surface area contributed by atoms with E-state index in [9.17, 15) is 9.59 Å². The molecule has 0 radical (unpaired) electrons. The van der Waals surface area contributed by atoms with E-state index in [-0.39, 0.29) is 17.1 Å². The Balaban J connectivity index is 2.59. The summed E-state index contributed by atoms with van der Waals surface area (Å²) >= 11 is 0. The number of anilines is 1. The molecular formula is C17H21N3O5. The second-order valence-corrected chi connectivity index (χ2v) is 6.21. The molecule has 1 aromatic carbocycles. The molecule has 2 aromatic rings. The zero-order valence-corrected chi connectivity index (χ0v) is 14.8. The van der Waals surface area contributed by atoms with Crippen LogP contribution in [-0.2, 0) is 9.47 Å². The van der Waals surface area contributed by atoms with Gasteiger partial charge in [-0.15, -0.1) is 0 Å². The Labute approximate surface area is 145 Å².